The zero-order chi connectivity index (χ0) is 14.9. The first-order valence-electron chi connectivity index (χ1n) is 6.13. The van der Waals surface area contributed by atoms with Crippen LogP contribution in [0.1, 0.15) is 34.0 Å². The summed E-state index contributed by atoms with van der Waals surface area (Å²) in [5, 5.41) is 0. The fraction of sp³-hybridized carbons (Fsp3) is 0.188. The Balaban J connectivity index is 2.59. The number of rotatable bonds is 3. The van der Waals surface area contributed by atoms with Crippen molar-refractivity contribution in [3.05, 3.63) is 70.0 Å². The zero-order valence-electron chi connectivity index (χ0n) is 11.1. The SMILES string of the molecule is CC(=O)c1cc(C)c(F)c(F)c1Cc1ccccc1F. The minimum absolute atomic E-state index is 0.0602. The summed E-state index contributed by atoms with van der Waals surface area (Å²) in [4.78, 5) is 11.6. The van der Waals surface area contributed by atoms with Crippen LogP contribution in [0.5, 0.6) is 0 Å². The number of Topliss-reactive ketones (excluding diaryl/α,β-unsaturated/α-hetero) is 1. The van der Waals surface area contributed by atoms with E-state index in [0.717, 1.165) is 0 Å². The van der Waals surface area contributed by atoms with Gasteiger partial charge >= 0.3 is 0 Å². The number of carbonyl (C=O) groups is 1. The lowest BCUT2D eigenvalue weighted by molar-refractivity contribution is 0.101. The maximum absolute atomic E-state index is 14.1. The maximum Gasteiger partial charge on any atom is 0.163 e. The molecule has 0 aliphatic rings. The summed E-state index contributed by atoms with van der Waals surface area (Å²) in [5.74, 6) is -2.97. The van der Waals surface area contributed by atoms with E-state index in [2.05, 4.69) is 0 Å². The van der Waals surface area contributed by atoms with Crippen molar-refractivity contribution in [2.24, 2.45) is 0 Å². The van der Waals surface area contributed by atoms with E-state index in [1.807, 2.05) is 0 Å². The van der Waals surface area contributed by atoms with Gasteiger partial charge in [-0.15, -0.1) is 0 Å². The van der Waals surface area contributed by atoms with Crippen molar-refractivity contribution in [2.45, 2.75) is 20.3 Å². The third-order valence-corrected chi connectivity index (χ3v) is 3.19. The number of halogens is 3. The van der Waals surface area contributed by atoms with E-state index in [-0.39, 0.29) is 34.5 Å². The van der Waals surface area contributed by atoms with Crippen LogP contribution in [-0.4, -0.2) is 5.78 Å². The zero-order valence-corrected chi connectivity index (χ0v) is 11.1. The average molecular weight is 278 g/mol. The van der Waals surface area contributed by atoms with Gasteiger partial charge in [-0.25, -0.2) is 13.2 Å². The largest absolute Gasteiger partial charge is 0.294 e. The predicted octanol–water partition coefficient (Wildman–Crippen LogP) is 4.21. The lowest BCUT2D eigenvalue weighted by Gasteiger charge is -2.12. The van der Waals surface area contributed by atoms with Crippen LogP contribution in [0, 0.1) is 24.4 Å². The highest BCUT2D eigenvalue weighted by Gasteiger charge is 2.20. The smallest absolute Gasteiger partial charge is 0.163 e. The molecular formula is C16H13F3O. The predicted molar refractivity (Wildman–Crippen MR) is 70.3 cm³/mol. The maximum atomic E-state index is 14.1. The quantitative estimate of drug-likeness (QED) is 0.769. The summed E-state index contributed by atoms with van der Waals surface area (Å²) < 4.78 is 41.3. The highest BCUT2D eigenvalue weighted by atomic mass is 19.2. The van der Waals surface area contributed by atoms with Gasteiger partial charge in [0, 0.05) is 17.5 Å². The number of hydrogen-bond donors (Lipinski definition) is 0. The highest BCUT2D eigenvalue weighted by molar-refractivity contribution is 5.96. The molecule has 2 rings (SSSR count). The van der Waals surface area contributed by atoms with Gasteiger partial charge in [0.25, 0.3) is 0 Å². The first kappa shape index (κ1) is 14.3. The van der Waals surface area contributed by atoms with Crippen LogP contribution in [-0.2, 0) is 6.42 Å². The van der Waals surface area contributed by atoms with Gasteiger partial charge < -0.3 is 0 Å². The molecule has 2 aromatic carbocycles. The van der Waals surface area contributed by atoms with Gasteiger partial charge in [-0.05, 0) is 37.1 Å². The Bertz CT molecular complexity index is 678. The van der Waals surface area contributed by atoms with Crippen LogP contribution >= 0.6 is 0 Å². The molecule has 0 unspecified atom stereocenters. The van der Waals surface area contributed by atoms with Crippen molar-refractivity contribution >= 4 is 5.78 Å². The molecule has 0 aliphatic carbocycles. The van der Waals surface area contributed by atoms with E-state index in [0.29, 0.717) is 0 Å². The van der Waals surface area contributed by atoms with Gasteiger partial charge in [0.2, 0.25) is 0 Å². The van der Waals surface area contributed by atoms with Crippen LogP contribution in [0.4, 0.5) is 13.2 Å². The summed E-state index contributed by atoms with van der Waals surface area (Å²) in [6.07, 6.45) is -0.162. The Labute approximate surface area is 115 Å². The van der Waals surface area contributed by atoms with E-state index in [1.54, 1.807) is 6.07 Å². The molecule has 0 atom stereocenters. The molecule has 4 heteroatoms. The average Bonchev–Trinajstić information content (AvgIpc) is 2.41. The fourth-order valence-electron chi connectivity index (χ4n) is 2.11. The topological polar surface area (TPSA) is 17.1 Å². The molecule has 0 saturated heterocycles. The van der Waals surface area contributed by atoms with Crippen molar-refractivity contribution in [2.75, 3.05) is 0 Å². The van der Waals surface area contributed by atoms with Crippen LogP contribution < -0.4 is 0 Å². The van der Waals surface area contributed by atoms with Crippen molar-refractivity contribution in [1.82, 2.24) is 0 Å². The fourth-order valence-corrected chi connectivity index (χ4v) is 2.11. The molecule has 0 saturated carbocycles. The minimum Gasteiger partial charge on any atom is -0.294 e. The number of carbonyl (C=O) groups excluding carboxylic acids is 1. The first-order valence-corrected chi connectivity index (χ1v) is 6.13. The van der Waals surface area contributed by atoms with Crippen LogP contribution in [0.2, 0.25) is 0 Å². The van der Waals surface area contributed by atoms with E-state index < -0.39 is 17.5 Å². The van der Waals surface area contributed by atoms with Crippen LogP contribution in [0.25, 0.3) is 0 Å². The Kier molecular flexibility index (Phi) is 3.93. The van der Waals surface area contributed by atoms with Gasteiger partial charge in [-0.2, -0.15) is 0 Å². The van der Waals surface area contributed by atoms with Gasteiger partial charge in [-0.1, -0.05) is 18.2 Å². The molecule has 0 radical (unpaired) electrons. The lowest BCUT2D eigenvalue weighted by atomic mass is 9.94. The standard InChI is InChI=1S/C16H13F3O/c1-9-7-12(10(2)20)13(16(19)15(9)18)8-11-5-3-4-6-14(11)17/h3-7H,8H2,1-2H3. The molecule has 2 aromatic rings. The van der Waals surface area contributed by atoms with Gasteiger partial charge in [0.1, 0.15) is 5.82 Å². The molecule has 0 aromatic heterocycles. The number of ketones is 1. The van der Waals surface area contributed by atoms with Crippen molar-refractivity contribution in [3.63, 3.8) is 0 Å². The van der Waals surface area contributed by atoms with E-state index >= 15 is 0 Å². The van der Waals surface area contributed by atoms with Gasteiger partial charge in [-0.3, -0.25) is 4.79 Å². The van der Waals surface area contributed by atoms with E-state index in [4.69, 9.17) is 0 Å². The van der Waals surface area contributed by atoms with Crippen LogP contribution in [0.15, 0.2) is 30.3 Å². The summed E-state index contributed by atoms with van der Waals surface area (Å²) in [6.45, 7) is 2.66. The molecule has 0 amide bonds. The summed E-state index contributed by atoms with van der Waals surface area (Å²) in [7, 11) is 0. The normalized spacial score (nSPS) is 10.7. The third kappa shape index (κ3) is 2.59. The monoisotopic (exact) mass is 278 g/mol. The molecule has 0 heterocycles. The lowest BCUT2D eigenvalue weighted by Crippen LogP contribution is -2.08. The van der Waals surface area contributed by atoms with Gasteiger partial charge in [0.15, 0.2) is 17.4 Å². The molecular weight excluding hydrogens is 265 g/mol. The molecule has 0 bridgehead atoms. The van der Waals surface area contributed by atoms with E-state index in [9.17, 15) is 18.0 Å². The Morgan fingerprint density at radius 3 is 2.35 bits per heavy atom. The number of aryl methyl sites for hydroxylation is 1. The van der Waals surface area contributed by atoms with Gasteiger partial charge in [0.05, 0.1) is 0 Å². The first-order chi connectivity index (χ1) is 9.41. The van der Waals surface area contributed by atoms with Crippen LogP contribution in [0.3, 0.4) is 0 Å². The molecule has 1 nitrogen and oxygen atoms in total. The third-order valence-electron chi connectivity index (χ3n) is 3.19. The Hall–Kier alpha value is -2.10. The van der Waals surface area contributed by atoms with Crippen molar-refractivity contribution < 1.29 is 18.0 Å². The summed E-state index contributed by atoms with van der Waals surface area (Å²) in [6, 6.07) is 7.14. The molecule has 0 fully saturated rings. The summed E-state index contributed by atoms with van der Waals surface area (Å²) >= 11 is 0. The molecule has 0 N–H and O–H groups in total. The number of hydrogen-bond acceptors (Lipinski definition) is 1. The molecule has 0 spiro atoms. The minimum atomic E-state index is -1.08. The Morgan fingerprint density at radius 1 is 1.10 bits per heavy atom. The highest BCUT2D eigenvalue weighted by Crippen LogP contribution is 2.24. The van der Waals surface area contributed by atoms with E-state index in [1.165, 1.54) is 38.1 Å². The van der Waals surface area contributed by atoms with Crippen molar-refractivity contribution in [3.8, 4) is 0 Å². The van der Waals surface area contributed by atoms with Crippen molar-refractivity contribution in [1.29, 1.82) is 0 Å². The molecule has 20 heavy (non-hydrogen) atoms. The second kappa shape index (κ2) is 5.49. The Morgan fingerprint density at radius 2 is 1.75 bits per heavy atom. The number of benzene rings is 2. The second-order valence-electron chi connectivity index (χ2n) is 4.67. The second-order valence-corrected chi connectivity index (χ2v) is 4.67. The summed E-state index contributed by atoms with van der Waals surface area (Å²) in [5.41, 5.74) is 0.262. The molecule has 0 aliphatic heterocycles. The molecule has 104 valence electrons.